The summed E-state index contributed by atoms with van der Waals surface area (Å²) in [4.78, 5) is 25.8. The Hall–Kier alpha value is -3.37. The number of carbonyl (C=O) groups excluding carboxylic acids is 2. The molecule has 1 aromatic carbocycles. The SMILES string of the molecule is COC(=O)C1=C(C(=O)OC)[C@@]2(/C(=C\C#N)C(C)(C)C)O[C@@H]1c1c2oc2ccccc12. The summed E-state index contributed by atoms with van der Waals surface area (Å²) in [7, 11) is 2.47. The number of esters is 2. The molecule has 0 amide bonds. The highest BCUT2D eigenvalue weighted by molar-refractivity contribution is 6.07. The third-order valence-electron chi connectivity index (χ3n) is 5.59. The van der Waals surface area contributed by atoms with E-state index in [1.54, 1.807) is 6.07 Å². The first-order valence-corrected chi connectivity index (χ1v) is 9.44. The first-order chi connectivity index (χ1) is 14.2. The molecule has 0 aliphatic carbocycles. The molecule has 0 N–H and O–H groups in total. The van der Waals surface area contributed by atoms with Crippen LogP contribution in [0, 0.1) is 16.7 Å². The number of furan rings is 1. The molecule has 2 atom stereocenters. The standard InChI is InChI=1S/C23H21NO6/c1-22(2,3)14(10-11-24)23-17(21(26)28-5)16(20(25)27-4)18(30-23)15-12-8-6-7-9-13(12)29-19(15)23/h6-10,18H,1-5H3/b14-10-/t18-,23-/m1/s1. The topological polar surface area (TPSA) is 98.8 Å². The minimum absolute atomic E-state index is 0.00942. The van der Waals surface area contributed by atoms with Crippen LogP contribution in [0.1, 0.15) is 38.2 Å². The Morgan fingerprint density at radius 1 is 1.17 bits per heavy atom. The second-order valence-electron chi connectivity index (χ2n) is 8.23. The van der Waals surface area contributed by atoms with Crippen LogP contribution in [0.3, 0.4) is 0 Å². The van der Waals surface area contributed by atoms with Gasteiger partial charge in [0.1, 0.15) is 11.7 Å². The molecule has 0 saturated heterocycles. The van der Waals surface area contributed by atoms with E-state index in [9.17, 15) is 14.9 Å². The van der Waals surface area contributed by atoms with Gasteiger partial charge in [-0.25, -0.2) is 9.59 Å². The van der Waals surface area contributed by atoms with Gasteiger partial charge in [0.05, 0.1) is 31.4 Å². The first-order valence-electron chi connectivity index (χ1n) is 9.44. The molecule has 0 fully saturated rings. The molecule has 0 unspecified atom stereocenters. The number of benzene rings is 1. The first kappa shape index (κ1) is 19.9. The lowest BCUT2D eigenvalue weighted by Crippen LogP contribution is -2.38. The lowest BCUT2D eigenvalue weighted by molar-refractivity contribution is -0.140. The molecule has 0 saturated carbocycles. The van der Waals surface area contributed by atoms with Gasteiger partial charge < -0.3 is 18.6 Å². The molecule has 0 radical (unpaired) electrons. The number of hydrogen-bond acceptors (Lipinski definition) is 7. The van der Waals surface area contributed by atoms with Gasteiger partial charge in [-0.1, -0.05) is 39.0 Å². The van der Waals surface area contributed by atoms with Gasteiger partial charge in [-0.2, -0.15) is 5.26 Å². The monoisotopic (exact) mass is 407 g/mol. The van der Waals surface area contributed by atoms with Crippen LogP contribution in [0.5, 0.6) is 0 Å². The summed E-state index contributed by atoms with van der Waals surface area (Å²) < 4.78 is 22.6. The van der Waals surface area contributed by atoms with Gasteiger partial charge in [0.15, 0.2) is 11.4 Å². The quantitative estimate of drug-likeness (QED) is 0.563. The molecule has 30 heavy (non-hydrogen) atoms. The molecule has 154 valence electrons. The number of carbonyl (C=O) groups is 2. The van der Waals surface area contributed by atoms with Crippen LogP contribution < -0.4 is 0 Å². The number of para-hydroxylation sites is 1. The van der Waals surface area contributed by atoms with Crippen molar-refractivity contribution in [3.8, 4) is 6.07 Å². The van der Waals surface area contributed by atoms with Crippen molar-refractivity contribution in [2.45, 2.75) is 32.5 Å². The van der Waals surface area contributed by atoms with Crippen LogP contribution in [-0.2, 0) is 29.4 Å². The molecular formula is C23H21NO6. The maximum Gasteiger partial charge on any atom is 0.338 e. The largest absolute Gasteiger partial charge is 0.466 e. The molecule has 1 aromatic heterocycles. The number of ether oxygens (including phenoxy) is 3. The molecule has 2 aliphatic heterocycles. The minimum Gasteiger partial charge on any atom is -0.466 e. The van der Waals surface area contributed by atoms with Crippen molar-refractivity contribution in [2.75, 3.05) is 14.2 Å². The predicted molar refractivity (Wildman–Crippen MR) is 106 cm³/mol. The van der Waals surface area contributed by atoms with Crippen LogP contribution in [-0.4, -0.2) is 26.2 Å². The lowest BCUT2D eigenvalue weighted by Gasteiger charge is -2.36. The average molecular weight is 407 g/mol. The van der Waals surface area contributed by atoms with E-state index in [1.807, 2.05) is 39.0 Å². The highest BCUT2D eigenvalue weighted by Gasteiger charge is 2.66. The van der Waals surface area contributed by atoms with E-state index in [-0.39, 0.29) is 11.1 Å². The molecule has 2 aromatic rings. The van der Waals surface area contributed by atoms with Gasteiger partial charge in [0.25, 0.3) is 0 Å². The summed E-state index contributed by atoms with van der Waals surface area (Å²) in [6.07, 6.45) is 0.470. The fraction of sp³-hybridized carbons (Fsp3) is 0.348. The number of nitrogens with zero attached hydrogens (tertiary/aromatic N) is 1. The number of hydrogen-bond donors (Lipinski definition) is 0. The van der Waals surface area contributed by atoms with Gasteiger partial charge in [-0.3, -0.25) is 0 Å². The van der Waals surface area contributed by atoms with E-state index in [0.717, 1.165) is 5.39 Å². The van der Waals surface area contributed by atoms with Crippen LogP contribution in [0.15, 0.2) is 51.5 Å². The van der Waals surface area contributed by atoms with Crippen LogP contribution in [0.2, 0.25) is 0 Å². The number of rotatable bonds is 3. The molecule has 7 heteroatoms. The number of methoxy groups -OCH3 is 2. The van der Waals surface area contributed by atoms with E-state index in [4.69, 9.17) is 18.6 Å². The summed E-state index contributed by atoms with van der Waals surface area (Å²) >= 11 is 0. The van der Waals surface area contributed by atoms with Gasteiger partial charge >= 0.3 is 11.9 Å². The molecule has 7 nitrogen and oxygen atoms in total. The zero-order chi connectivity index (χ0) is 21.8. The molecule has 3 heterocycles. The minimum atomic E-state index is -1.57. The van der Waals surface area contributed by atoms with Crippen molar-refractivity contribution in [1.82, 2.24) is 0 Å². The lowest BCUT2D eigenvalue weighted by atomic mass is 9.68. The maximum absolute atomic E-state index is 13.0. The van der Waals surface area contributed by atoms with Crippen molar-refractivity contribution in [3.63, 3.8) is 0 Å². The van der Waals surface area contributed by atoms with E-state index < -0.39 is 29.1 Å². The summed E-state index contributed by atoms with van der Waals surface area (Å²) in [5.41, 5.74) is -0.372. The van der Waals surface area contributed by atoms with Gasteiger partial charge in [-0.15, -0.1) is 0 Å². The van der Waals surface area contributed by atoms with Gasteiger partial charge in [0.2, 0.25) is 0 Å². The zero-order valence-electron chi connectivity index (χ0n) is 17.4. The normalized spacial score (nSPS) is 22.8. The van der Waals surface area contributed by atoms with Crippen molar-refractivity contribution >= 4 is 22.9 Å². The van der Waals surface area contributed by atoms with E-state index in [1.165, 1.54) is 20.3 Å². The van der Waals surface area contributed by atoms with Crippen LogP contribution in [0.25, 0.3) is 11.0 Å². The average Bonchev–Trinajstić information content (AvgIpc) is 3.36. The summed E-state index contributed by atoms with van der Waals surface area (Å²) in [5, 5.41) is 10.3. The Morgan fingerprint density at radius 3 is 2.43 bits per heavy atom. The zero-order valence-corrected chi connectivity index (χ0v) is 17.4. The van der Waals surface area contributed by atoms with E-state index >= 15 is 0 Å². The Bertz CT molecular complexity index is 1190. The van der Waals surface area contributed by atoms with Crippen molar-refractivity contribution < 1.29 is 28.2 Å². The molecular weight excluding hydrogens is 386 g/mol. The van der Waals surface area contributed by atoms with Crippen molar-refractivity contribution in [1.29, 1.82) is 5.26 Å². The third-order valence-corrected chi connectivity index (χ3v) is 5.59. The fourth-order valence-electron chi connectivity index (χ4n) is 4.48. The summed E-state index contributed by atoms with van der Waals surface area (Å²) in [5.74, 6) is -1.04. The van der Waals surface area contributed by atoms with E-state index in [2.05, 4.69) is 6.07 Å². The summed E-state index contributed by atoms with van der Waals surface area (Å²) in [6, 6.07) is 9.42. The highest BCUT2D eigenvalue weighted by Crippen LogP contribution is 2.65. The fourth-order valence-corrected chi connectivity index (χ4v) is 4.48. The Labute approximate surface area is 173 Å². The Balaban J connectivity index is 2.17. The Morgan fingerprint density at radius 2 is 1.83 bits per heavy atom. The van der Waals surface area contributed by atoms with E-state index in [0.29, 0.717) is 22.5 Å². The maximum atomic E-state index is 13.0. The third kappa shape index (κ3) is 2.40. The molecule has 4 rings (SSSR count). The summed E-state index contributed by atoms with van der Waals surface area (Å²) in [6.45, 7) is 5.69. The number of nitriles is 1. The molecule has 0 spiro atoms. The van der Waals surface area contributed by atoms with Gasteiger partial charge in [-0.05, 0) is 17.1 Å². The van der Waals surface area contributed by atoms with Crippen molar-refractivity contribution in [3.05, 3.63) is 58.4 Å². The highest BCUT2D eigenvalue weighted by atomic mass is 16.6. The predicted octanol–water partition coefficient (Wildman–Crippen LogP) is 3.85. The van der Waals surface area contributed by atoms with Crippen molar-refractivity contribution in [2.24, 2.45) is 5.41 Å². The number of allylic oxidation sites excluding steroid dienone is 1. The smallest absolute Gasteiger partial charge is 0.338 e. The Kier molecular flexibility index (Phi) is 4.37. The van der Waals surface area contributed by atoms with Gasteiger partial charge in [0, 0.05) is 17.0 Å². The second kappa shape index (κ2) is 6.57. The second-order valence-corrected chi connectivity index (χ2v) is 8.23. The van der Waals surface area contributed by atoms with Crippen LogP contribution >= 0.6 is 0 Å². The molecule has 2 aliphatic rings. The molecule has 2 bridgehead atoms. The van der Waals surface area contributed by atoms with Crippen LogP contribution in [0.4, 0.5) is 0 Å². The number of fused-ring (bicyclic) bond motifs is 7.